The van der Waals surface area contributed by atoms with E-state index in [1.807, 2.05) is 0 Å². The Kier molecular flexibility index (Phi) is 3.08. The van der Waals surface area contributed by atoms with Gasteiger partial charge in [-0.15, -0.1) is 0 Å². The van der Waals surface area contributed by atoms with Crippen molar-refractivity contribution < 1.29 is 13.0 Å². The van der Waals surface area contributed by atoms with Gasteiger partial charge >= 0.3 is 0 Å². The van der Waals surface area contributed by atoms with E-state index in [0.717, 1.165) is 5.56 Å². The highest BCUT2D eigenvalue weighted by molar-refractivity contribution is 7.86. The molecule has 4 heteroatoms. The maximum atomic E-state index is 10.8. The molecule has 0 radical (unpaired) electrons. The zero-order chi connectivity index (χ0) is 10.8. The molecule has 3 nitrogen and oxygen atoms in total. The molecule has 1 aromatic carbocycles. The molecule has 1 rings (SSSR count). The summed E-state index contributed by atoms with van der Waals surface area (Å²) in [6, 6.07) is 6.83. The molecule has 0 aromatic heterocycles. The minimum atomic E-state index is -4.00. The summed E-state index contributed by atoms with van der Waals surface area (Å²) in [5.74, 6) is 0. The molecule has 14 heavy (non-hydrogen) atoms. The van der Waals surface area contributed by atoms with E-state index >= 15 is 0 Å². The number of hydrogen-bond donors (Lipinski definition) is 1. The standard InChI is InChI=1S/C10H12O3S/c1-3-9-4-6-10(7-5-9)8(2)14(11,12)13/h3-8H,1H2,2H3,(H,11,12,13). The maximum absolute atomic E-state index is 10.8. The van der Waals surface area contributed by atoms with Gasteiger partial charge in [0.2, 0.25) is 0 Å². The van der Waals surface area contributed by atoms with Gasteiger partial charge in [-0.1, -0.05) is 36.9 Å². The van der Waals surface area contributed by atoms with Gasteiger partial charge in [-0.25, -0.2) is 0 Å². The van der Waals surface area contributed by atoms with Gasteiger partial charge in [0.05, 0.1) is 0 Å². The monoisotopic (exact) mass is 212 g/mol. The fraction of sp³-hybridized carbons (Fsp3) is 0.200. The molecule has 0 bridgehead atoms. The summed E-state index contributed by atoms with van der Waals surface area (Å²) in [6.07, 6.45) is 1.67. The summed E-state index contributed by atoms with van der Waals surface area (Å²) in [5, 5.41) is -0.888. The van der Waals surface area contributed by atoms with Crippen molar-refractivity contribution in [3.05, 3.63) is 42.0 Å². The second kappa shape index (κ2) is 3.94. The Labute approximate surface area is 83.8 Å². The van der Waals surface area contributed by atoms with Gasteiger partial charge in [-0.2, -0.15) is 8.42 Å². The summed E-state index contributed by atoms with van der Waals surface area (Å²) in [6.45, 7) is 5.03. The molecule has 0 saturated heterocycles. The summed E-state index contributed by atoms with van der Waals surface area (Å²) in [7, 11) is -4.00. The van der Waals surface area contributed by atoms with Crippen LogP contribution in [-0.4, -0.2) is 13.0 Å². The Balaban J connectivity index is 3.04. The van der Waals surface area contributed by atoms with Crippen LogP contribution in [-0.2, 0) is 10.1 Å². The molecule has 1 unspecified atom stereocenters. The van der Waals surface area contributed by atoms with Crippen LogP contribution in [0.15, 0.2) is 30.8 Å². The van der Waals surface area contributed by atoms with Gasteiger partial charge in [0.1, 0.15) is 5.25 Å². The number of rotatable bonds is 3. The molecule has 0 fully saturated rings. The normalized spacial score (nSPS) is 13.6. The molecule has 0 amide bonds. The first-order chi connectivity index (χ1) is 6.45. The van der Waals surface area contributed by atoms with E-state index in [4.69, 9.17) is 4.55 Å². The predicted octanol–water partition coefficient (Wildman–Crippen LogP) is 2.28. The predicted molar refractivity (Wildman–Crippen MR) is 56.5 cm³/mol. The quantitative estimate of drug-likeness (QED) is 0.782. The van der Waals surface area contributed by atoms with Crippen molar-refractivity contribution in [2.24, 2.45) is 0 Å². The highest BCUT2D eigenvalue weighted by Crippen LogP contribution is 2.20. The molecular weight excluding hydrogens is 200 g/mol. The molecular formula is C10H12O3S. The van der Waals surface area contributed by atoms with Crippen LogP contribution in [0.25, 0.3) is 6.08 Å². The minimum absolute atomic E-state index is 0.568. The van der Waals surface area contributed by atoms with Crippen LogP contribution < -0.4 is 0 Å². The highest BCUT2D eigenvalue weighted by atomic mass is 32.2. The van der Waals surface area contributed by atoms with E-state index in [2.05, 4.69) is 6.58 Å². The van der Waals surface area contributed by atoms with Crippen LogP contribution in [0.4, 0.5) is 0 Å². The summed E-state index contributed by atoms with van der Waals surface area (Å²) in [5.41, 5.74) is 1.48. The minimum Gasteiger partial charge on any atom is -0.285 e. The average Bonchev–Trinajstić information content (AvgIpc) is 2.15. The van der Waals surface area contributed by atoms with E-state index < -0.39 is 15.4 Å². The van der Waals surface area contributed by atoms with Crippen LogP contribution in [0.2, 0.25) is 0 Å². The van der Waals surface area contributed by atoms with Crippen LogP contribution in [0.3, 0.4) is 0 Å². The summed E-state index contributed by atoms with van der Waals surface area (Å²) in [4.78, 5) is 0. The van der Waals surface area contributed by atoms with Crippen molar-refractivity contribution >= 4 is 16.2 Å². The van der Waals surface area contributed by atoms with Crippen molar-refractivity contribution in [2.75, 3.05) is 0 Å². The lowest BCUT2D eigenvalue weighted by atomic mass is 10.1. The molecule has 1 N–H and O–H groups in total. The lowest BCUT2D eigenvalue weighted by Gasteiger charge is -2.08. The first kappa shape index (κ1) is 10.9. The molecule has 0 aliphatic heterocycles. The molecule has 0 saturated carbocycles. The van der Waals surface area contributed by atoms with Gasteiger partial charge in [-0.3, -0.25) is 4.55 Å². The Morgan fingerprint density at radius 3 is 2.21 bits per heavy atom. The van der Waals surface area contributed by atoms with Crippen LogP contribution >= 0.6 is 0 Å². The first-order valence-electron chi connectivity index (χ1n) is 4.14. The van der Waals surface area contributed by atoms with Crippen LogP contribution in [0.1, 0.15) is 23.3 Å². The molecule has 0 aliphatic rings. The first-order valence-corrected chi connectivity index (χ1v) is 5.64. The number of benzene rings is 1. The highest BCUT2D eigenvalue weighted by Gasteiger charge is 2.18. The lowest BCUT2D eigenvalue weighted by Crippen LogP contribution is -2.08. The maximum Gasteiger partial charge on any atom is 0.271 e. The third-order valence-corrected chi connectivity index (χ3v) is 3.25. The smallest absolute Gasteiger partial charge is 0.271 e. The Bertz CT molecular complexity index is 417. The summed E-state index contributed by atoms with van der Waals surface area (Å²) < 4.78 is 30.5. The van der Waals surface area contributed by atoms with Crippen molar-refractivity contribution in [1.29, 1.82) is 0 Å². The second-order valence-corrected chi connectivity index (χ2v) is 4.77. The van der Waals surface area contributed by atoms with E-state index in [0.29, 0.717) is 5.56 Å². The second-order valence-electron chi connectivity index (χ2n) is 3.03. The lowest BCUT2D eigenvalue weighted by molar-refractivity contribution is 0.472. The Morgan fingerprint density at radius 2 is 1.86 bits per heavy atom. The van der Waals surface area contributed by atoms with E-state index in [-0.39, 0.29) is 0 Å². The Hall–Kier alpha value is -1.13. The molecule has 0 aliphatic carbocycles. The van der Waals surface area contributed by atoms with Gasteiger partial charge in [-0.05, 0) is 18.1 Å². The largest absolute Gasteiger partial charge is 0.285 e. The van der Waals surface area contributed by atoms with Gasteiger partial charge in [0.25, 0.3) is 10.1 Å². The Morgan fingerprint density at radius 1 is 1.36 bits per heavy atom. The fourth-order valence-corrected chi connectivity index (χ4v) is 1.58. The third kappa shape index (κ3) is 2.43. The SMILES string of the molecule is C=Cc1ccc(C(C)S(=O)(=O)O)cc1. The number of hydrogen-bond acceptors (Lipinski definition) is 2. The third-order valence-electron chi connectivity index (χ3n) is 2.09. The van der Waals surface area contributed by atoms with Gasteiger partial charge in [0.15, 0.2) is 0 Å². The van der Waals surface area contributed by atoms with E-state index in [1.54, 1.807) is 30.3 Å². The van der Waals surface area contributed by atoms with Crippen molar-refractivity contribution in [1.82, 2.24) is 0 Å². The molecule has 1 aromatic rings. The van der Waals surface area contributed by atoms with Crippen molar-refractivity contribution in [3.63, 3.8) is 0 Å². The van der Waals surface area contributed by atoms with Crippen LogP contribution in [0.5, 0.6) is 0 Å². The zero-order valence-electron chi connectivity index (χ0n) is 7.84. The van der Waals surface area contributed by atoms with E-state index in [1.165, 1.54) is 6.92 Å². The average molecular weight is 212 g/mol. The molecule has 1 atom stereocenters. The topological polar surface area (TPSA) is 54.4 Å². The van der Waals surface area contributed by atoms with Crippen molar-refractivity contribution in [3.8, 4) is 0 Å². The zero-order valence-corrected chi connectivity index (χ0v) is 8.66. The van der Waals surface area contributed by atoms with Gasteiger partial charge in [0, 0.05) is 0 Å². The molecule has 76 valence electrons. The van der Waals surface area contributed by atoms with Crippen LogP contribution in [0, 0.1) is 0 Å². The molecule has 0 heterocycles. The summed E-state index contributed by atoms with van der Waals surface area (Å²) >= 11 is 0. The van der Waals surface area contributed by atoms with Crippen molar-refractivity contribution in [2.45, 2.75) is 12.2 Å². The molecule has 0 spiro atoms. The van der Waals surface area contributed by atoms with Gasteiger partial charge < -0.3 is 0 Å². The fourth-order valence-electron chi connectivity index (χ4n) is 1.08. The van der Waals surface area contributed by atoms with E-state index in [9.17, 15) is 8.42 Å².